The second kappa shape index (κ2) is 9.27. The Hall–Kier alpha value is -3.70. The molecule has 0 unspecified atom stereocenters. The molecule has 0 spiro atoms. The number of hydrogen-bond acceptors (Lipinski definition) is 4. The van der Waals surface area contributed by atoms with Crippen LogP contribution in [0.5, 0.6) is 23.0 Å². The Labute approximate surface area is 187 Å². The van der Waals surface area contributed by atoms with Crippen LogP contribution in [0.3, 0.4) is 0 Å². The Morgan fingerprint density at radius 1 is 0.559 bits per heavy atom. The van der Waals surface area contributed by atoms with Gasteiger partial charge in [-0.25, -0.2) is 8.78 Å². The van der Waals surface area contributed by atoms with Crippen LogP contribution in [-0.4, -0.2) is 0 Å². The van der Waals surface area contributed by atoms with E-state index in [-0.39, 0.29) is 11.5 Å². The molecular weight excluding hydrogens is 476 g/mol. The van der Waals surface area contributed by atoms with Gasteiger partial charge in [-0.1, -0.05) is 0 Å². The van der Waals surface area contributed by atoms with E-state index in [4.69, 9.17) is 20.9 Å². The van der Waals surface area contributed by atoms with Crippen molar-refractivity contribution in [3.8, 4) is 23.0 Å². The third-order valence-electron chi connectivity index (χ3n) is 4.74. The van der Waals surface area contributed by atoms with Crippen LogP contribution in [0.1, 0.15) is 22.3 Å². The Morgan fingerprint density at radius 2 is 0.882 bits per heavy atom. The molecule has 0 aromatic heterocycles. The van der Waals surface area contributed by atoms with Gasteiger partial charge in [0.15, 0.2) is 0 Å². The summed E-state index contributed by atoms with van der Waals surface area (Å²) in [6.45, 7) is -2.96. The normalized spacial score (nSPS) is 12.0. The summed E-state index contributed by atoms with van der Waals surface area (Å²) in [6.07, 6.45) is -9.93. The highest BCUT2D eigenvalue weighted by Gasteiger charge is 2.39. The van der Waals surface area contributed by atoms with Gasteiger partial charge in [-0.15, -0.1) is 0 Å². The standard InChI is InChI=1S/C22H16F8N2O2/c23-9-13-15(31)5-7-17(19(13)21(25,26)27)33-11-1-2-12(4-3-11)34-18-8-6-16(32)14(10-24)20(18)22(28,29)30/h1-8H,9-10,31-32H2. The summed E-state index contributed by atoms with van der Waals surface area (Å²) in [5.74, 6) is -1.72. The maximum absolute atomic E-state index is 13.5. The topological polar surface area (TPSA) is 70.5 Å². The van der Waals surface area contributed by atoms with Crippen LogP contribution in [0, 0.1) is 0 Å². The number of ether oxygens (including phenoxy) is 2. The third kappa shape index (κ3) is 5.10. The van der Waals surface area contributed by atoms with Crippen molar-refractivity contribution in [3.63, 3.8) is 0 Å². The SMILES string of the molecule is Nc1ccc(Oc2ccc(Oc3ccc(N)c(CF)c3C(F)(F)F)cc2)c(C(F)(F)F)c1CF. The van der Waals surface area contributed by atoms with Crippen LogP contribution in [0.4, 0.5) is 46.5 Å². The molecular formula is C22H16F8N2O2. The van der Waals surface area contributed by atoms with Gasteiger partial charge in [-0.3, -0.25) is 0 Å². The van der Waals surface area contributed by atoms with E-state index in [0.29, 0.717) is 0 Å². The molecule has 0 aliphatic carbocycles. The summed E-state index contributed by atoms with van der Waals surface area (Å²) in [5, 5.41) is 0. The zero-order chi connectivity index (χ0) is 25.3. The fraction of sp³-hybridized carbons (Fsp3) is 0.182. The minimum Gasteiger partial charge on any atom is -0.457 e. The van der Waals surface area contributed by atoms with Crippen LogP contribution in [-0.2, 0) is 25.7 Å². The van der Waals surface area contributed by atoms with E-state index in [9.17, 15) is 35.1 Å². The van der Waals surface area contributed by atoms with E-state index < -0.39 is 70.8 Å². The summed E-state index contributed by atoms with van der Waals surface area (Å²) in [7, 11) is 0. The van der Waals surface area contributed by atoms with Crippen LogP contribution < -0.4 is 20.9 Å². The Balaban J connectivity index is 1.92. The van der Waals surface area contributed by atoms with E-state index in [1.807, 2.05) is 0 Å². The molecule has 182 valence electrons. The number of rotatable bonds is 6. The lowest BCUT2D eigenvalue weighted by Crippen LogP contribution is -2.13. The zero-order valence-electron chi connectivity index (χ0n) is 17.0. The van der Waals surface area contributed by atoms with Gasteiger partial charge in [0, 0.05) is 22.5 Å². The van der Waals surface area contributed by atoms with Crippen LogP contribution in [0.25, 0.3) is 0 Å². The Kier molecular flexibility index (Phi) is 6.80. The lowest BCUT2D eigenvalue weighted by molar-refractivity contribution is -0.140. The smallest absolute Gasteiger partial charge is 0.420 e. The second-order valence-corrected chi connectivity index (χ2v) is 6.95. The molecule has 0 aliphatic rings. The monoisotopic (exact) mass is 492 g/mol. The Bertz CT molecular complexity index is 1080. The van der Waals surface area contributed by atoms with Crippen molar-refractivity contribution in [2.75, 3.05) is 11.5 Å². The van der Waals surface area contributed by atoms with Crippen molar-refractivity contribution in [2.24, 2.45) is 0 Å². The van der Waals surface area contributed by atoms with E-state index in [2.05, 4.69) is 0 Å². The second-order valence-electron chi connectivity index (χ2n) is 6.95. The van der Waals surface area contributed by atoms with Crippen molar-refractivity contribution in [1.29, 1.82) is 0 Å². The molecule has 3 aromatic carbocycles. The molecule has 0 heterocycles. The number of halogens is 8. The summed E-state index contributed by atoms with van der Waals surface area (Å²) < 4.78 is 118. The molecule has 0 radical (unpaired) electrons. The molecule has 4 nitrogen and oxygen atoms in total. The van der Waals surface area contributed by atoms with Crippen molar-refractivity contribution < 1.29 is 44.6 Å². The minimum absolute atomic E-state index is 0.148. The van der Waals surface area contributed by atoms with E-state index in [0.717, 1.165) is 48.5 Å². The molecule has 3 rings (SSSR count). The predicted octanol–water partition coefficient (Wildman–Crippen LogP) is 7.41. The van der Waals surface area contributed by atoms with Crippen molar-refractivity contribution in [1.82, 2.24) is 0 Å². The number of nitrogen functional groups attached to an aromatic ring is 2. The van der Waals surface area contributed by atoms with Gasteiger partial charge in [-0.2, -0.15) is 26.3 Å². The summed E-state index contributed by atoms with van der Waals surface area (Å²) in [4.78, 5) is 0. The molecule has 0 bridgehead atoms. The van der Waals surface area contributed by atoms with Gasteiger partial charge in [0.2, 0.25) is 0 Å². The number of benzene rings is 3. The van der Waals surface area contributed by atoms with Gasteiger partial charge in [0.1, 0.15) is 47.5 Å². The average molecular weight is 492 g/mol. The van der Waals surface area contributed by atoms with Crippen molar-refractivity contribution in [3.05, 3.63) is 70.8 Å². The summed E-state index contributed by atoms with van der Waals surface area (Å²) >= 11 is 0. The van der Waals surface area contributed by atoms with Crippen LogP contribution >= 0.6 is 0 Å². The lowest BCUT2D eigenvalue weighted by atomic mass is 10.0. The van der Waals surface area contributed by atoms with Gasteiger partial charge in [0.25, 0.3) is 0 Å². The van der Waals surface area contributed by atoms with E-state index in [1.165, 1.54) is 0 Å². The summed E-state index contributed by atoms with van der Waals surface area (Å²) in [5.41, 5.74) is 5.74. The Morgan fingerprint density at radius 3 is 1.15 bits per heavy atom. The van der Waals surface area contributed by atoms with E-state index >= 15 is 0 Å². The highest BCUT2D eigenvalue weighted by molar-refractivity contribution is 5.59. The number of nitrogens with two attached hydrogens (primary N) is 2. The molecule has 0 aliphatic heterocycles. The van der Waals surface area contributed by atoms with Crippen LogP contribution in [0.2, 0.25) is 0 Å². The van der Waals surface area contributed by atoms with Gasteiger partial charge in [-0.05, 0) is 48.5 Å². The van der Waals surface area contributed by atoms with Gasteiger partial charge in [0.05, 0.1) is 0 Å². The van der Waals surface area contributed by atoms with Crippen LogP contribution in [0.15, 0.2) is 48.5 Å². The highest BCUT2D eigenvalue weighted by Crippen LogP contribution is 2.44. The first-order chi connectivity index (χ1) is 15.9. The third-order valence-corrected chi connectivity index (χ3v) is 4.74. The van der Waals surface area contributed by atoms with Gasteiger partial charge >= 0.3 is 12.4 Å². The first kappa shape index (κ1) is 24.9. The first-order valence-electron chi connectivity index (χ1n) is 9.41. The highest BCUT2D eigenvalue weighted by atomic mass is 19.4. The number of hydrogen-bond donors (Lipinski definition) is 2. The molecule has 0 saturated carbocycles. The molecule has 0 amide bonds. The first-order valence-corrected chi connectivity index (χ1v) is 9.41. The van der Waals surface area contributed by atoms with E-state index in [1.54, 1.807) is 0 Å². The quantitative estimate of drug-likeness (QED) is 0.278. The molecule has 34 heavy (non-hydrogen) atoms. The maximum Gasteiger partial charge on any atom is 0.420 e. The predicted molar refractivity (Wildman–Crippen MR) is 108 cm³/mol. The van der Waals surface area contributed by atoms with Gasteiger partial charge < -0.3 is 20.9 Å². The van der Waals surface area contributed by atoms with Crippen molar-refractivity contribution in [2.45, 2.75) is 25.7 Å². The fourth-order valence-electron chi connectivity index (χ4n) is 3.19. The fourth-order valence-corrected chi connectivity index (χ4v) is 3.19. The number of alkyl halides is 8. The molecule has 4 N–H and O–H groups in total. The lowest BCUT2D eigenvalue weighted by Gasteiger charge is -2.19. The molecule has 0 saturated heterocycles. The molecule has 0 fully saturated rings. The number of anilines is 2. The maximum atomic E-state index is 13.5. The molecule has 3 aromatic rings. The average Bonchev–Trinajstić information content (AvgIpc) is 2.75. The summed E-state index contributed by atoms with van der Waals surface area (Å²) in [6, 6.07) is 8.46. The molecule has 0 atom stereocenters. The zero-order valence-corrected chi connectivity index (χ0v) is 17.0. The molecule has 12 heteroatoms. The largest absolute Gasteiger partial charge is 0.457 e. The van der Waals surface area contributed by atoms with Crippen molar-refractivity contribution >= 4 is 11.4 Å². The minimum atomic E-state index is -4.97.